The van der Waals surface area contributed by atoms with Crippen LogP contribution in [-0.2, 0) is 36.5 Å². The van der Waals surface area contributed by atoms with E-state index in [1.807, 2.05) is 29.2 Å². The molecule has 1 unspecified atom stereocenters. The van der Waals surface area contributed by atoms with Crippen LogP contribution < -0.4 is 14.9 Å². The number of carbonyl (C=O) groups excluding carboxylic acids is 2. The Kier molecular flexibility index (Phi) is 6.26. The molecular formula is C27H27N3O6S. The first-order valence-electron chi connectivity index (χ1n) is 11.8. The number of fused-ring (bicyclic) bond motifs is 1. The van der Waals surface area contributed by atoms with Gasteiger partial charge in [0.1, 0.15) is 6.04 Å². The zero-order chi connectivity index (χ0) is 26.4. The van der Waals surface area contributed by atoms with Gasteiger partial charge in [0.15, 0.2) is 5.60 Å². The van der Waals surface area contributed by atoms with Crippen LogP contribution >= 0.6 is 0 Å². The Morgan fingerprint density at radius 2 is 1.76 bits per heavy atom. The molecular weight excluding hydrogens is 494 g/mol. The van der Waals surface area contributed by atoms with Crippen molar-refractivity contribution in [2.75, 3.05) is 23.5 Å². The van der Waals surface area contributed by atoms with E-state index < -0.39 is 21.5 Å². The van der Waals surface area contributed by atoms with Crippen LogP contribution in [0.2, 0.25) is 0 Å². The number of hydrogen-bond acceptors (Lipinski definition) is 7. The number of methoxy groups -OCH3 is 1. The highest BCUT2D eigenvalue weighted by Crippen LogP contribution is 2.45. The van der Waals surface area contributed by atoms with Crippen molar-refractivity contribution in [2.45, 2.75) is 35.9 Å². The molecule has 2 atom stereocenters. The standard InChI is InChI=1S/C27H27N3O6S/c1-36-25(31)24-7-4-16-29(24)20-12-8-18(9-13-20)17-30-23-6-3-2-5-22(23)27(33,26(30)32)19-10-14-21(15-11-19)37(28,34)35/h2-3,5-6,8-15,24,33H,4,7,16-17H2,1H3,(H2,28,34,35)/t24-,27?/m0/s1. The van der Waals surface area contributed by atoms with Gasteiger partial charge in [0.25, 0.3) is 5.91 Å². The number of anilines is 2. The summed E-state index contributed by atoms with van der Waals surface area (Å²) in [6.07, 6.45) is 1.64. The van der Waals surface area contributed by atoms with E-state index in [4.69, 9.17) is 9.88 Å². The molecule has 3 aromatic carbocycles. The molecule has 10 heteroatoms. The van der Waals surface area contributed by atoms with E-state index in [1.165, 1.54) is 36.3 Å². The maximum atomic E-state index is 13.7. The van der Waals surface area contributed by atoms with Crippen molar-refractivity contribution >= 4 is 33.3 Å². The molecule has 0 aromatic heterocycles. The van der Waals surface area contributed by atoms with Crippen molar-refractivity contribution in [2.24, 2.45) is 5.14 Å². The number of carbonyl (C=O) groups is 2. The molecule has 2 aliphatic heterocycles. The van der Waals surface area contributed by atoms with Gasteiger partial charge in [-0.15, -0.1) is 0 Å². The summed E-state index contributed by atoms with van der Waals surface area (Å²) in [5.74, 6) is -0.788. The zero-order valence-corrected chi connectivity index (χ0v) is 21.0. The number of para-hydroxylation sites is 1. The van der Waals surface area contributed by atoms with Gasteiger partial charge in [0.2, 0.25) is 10.0 Å². The van der Waals surface area contributed by atoms with Crippen LogP contribution in [0.5, 0.6) is 0 Å². The van der Waals surface area contributed by atoms with E-state index in [1.54, 1.807) is 24.3 Å². The summed E-state index contributed by atoms with van der Waals surface area (Å²) < 4.78 is 28.2. The first-order chi connectivity index (χ1) is 17.6. The number of nitrogens with two attached hydrogens (primary N) is 1. The van der Waals surface area contributed by atoms with Crippen molar-refractivity contribution in [1.82, 2.24) is 0 Å². The molecule has 9 nitrogen and oxygen atoms in total. The van der Waals surface area contributed by atoms with Gasteiger partial charge < -0.3 is 19.6 Å². The first-order valence-corrected chi connectivity index (χ1v) is 13.4. The molecule has 1 fully saturated rings. The average Bonchev–Trinajstić information content (AvgIpc) is 3.47. The number of nitrogens with zero attached hydrogens (tertiary/aromatic N) is 2. The predicted molar refractivity (Wildman–Crippen MR) is 137 cm³/mol. The number of amides is 1. The number of esters is 1. The second-order valence-electron chi connectivity index (χ2n) is 9.23. The minimum absolute atomic E-state index is 0.108. The van der Waals surface area contributed by atoms with E-state index in [-0.39, 0.29) is 29.0 Å². The van der Waals surface area contributed by atoms with E-state index in [0.717, 1.165) is 30.6 Å². The largest absolute Gasteiger partial charge is 0.467 e. The summed E-state index contributed by atoms with van der Waals surface area (Å²) in [5.41, 5.74) is 0.998. The second-order valence-corrected chi connectivity index (χ2v) is 10.8. The highest BCUT2D eigenvalue weighted by atomic mass is 32.2. The number of rotatable bonds is 6. The monoisotopic (exact) mass is 521 g/mol. The van der Waals surface area contributed by atoms with Crippen molar-refractivity contribution in [3.8, 4) is 0 Å². The summed E-state index contributed by atoms with van der Waals surface area (Å²) >= 11 is 0. The minimum atomic E-state index is -3.91. The lowest BCUT2D eigenvalue weighted by Gasteiger charge is -2.26. The molecule has 5 rings (SSSR count). The fraction of sp³-hybridized carbons (Fsp3) is 0.259. The molecule has 1 saturated heterocycles. The highest BCUT2D eigenvalue weighted by molar-refractivity contribution is 7.89. The third kappa shape index (κ3) is 4.26. The smallest absolute Gasteiger partial charge is 0.328 e. The minimum Gasteiger partial charge on any atom is -0.467 e. The lowest BCUT2D eigenvalue weighted by molar-refractivity contribution is -0.142. The third-order valence-electron chi connectivity index (χ3n) is 7.07. The van der Waals surface area contributed by atoms with Crippen LogP contribution in [-0.4, -0.2) is 45.1 Å². The Bertz CT molecular complexity index is 1460. The fourth-order valence-electron chi connectivity index (χ4n) is 5.19. The molecule has 192 valence electrons. The predicted octanol–water partition coefficient (Wildman–Crippen LogP) is 2.26. The van der Waals surface area contributed by atoms with Gasteiger partial charge in [0.05, 0.1) is 24.2 Å². The van der Waals surface area contributed by atoms with Crippen molar-refractivity contribution < 1.29 is 27.9 Å². The van der Waals surface area contributed by atoms with Gasteiger partial charge in [-0.3, -0.25) is 4.79 Å². The van der Waals surface area contributed by atoms with E-state index in [2.05, 4.69) is 0 Å². The van der Waals surface area contributed by atoms with Gasteiger partial charge >= 0.3 is 5.97 Å². The molecule has 3 N–H and O–H groups in total. The van der Waals surface area contributed by atoms with E-state index in [9.17, 15) is 23.1 Å². The van der Waals surface area contributed by atoms with Gasteiger partial charge in [-0.2, -0.15) is 0 Å². The van der Waals surface area contributed by atoms with Crippen molar-refractivity contribution in [3.63, 3.8) is 0 Å². The number of primary sulfonamides is 1. The average molecular weight is 522 g/mol. The molecule has 2 aliphatic rings. The molecule has 0 spiro atoms. The lowest BCUT2D eigenvalue weighted by Crippen LogP contribution is -2.41. The topological polar surface area (TPSA) is 130 Å². The van der Waals surface area contributed by atoms with Crippen LogP contribution in [0.25, 0.3) is 0 Å². The summed E-state index contributed by atoms with van der Waals surface area (Å²) in [6.45, 7) is 0.975. The molecule has 3 aromatic rings. The first kappa shape index (κ1) is 24.9. The highest BCUT2D eigenvalue weighted by Gasteiger charge is 2.51. The zero-order valence-electron chi connectivity index (χ0n) is 20.2. The summed E-state index contributed by atoms with van der Waals surface area (Å²) in [4.78, 5) is 29.2. The van der Waals surface area contributed by atoms with Crippen LogP contribution in [0.4, 0.5) is 11.4 Å². The molecule has 0 radical (unpaired) electrons. The van der Waals surface area contributed by atoms with E-state index in [0.29, 0.717) is 11.3 Å². The third-order valence-corrected chi connectivity index (χ3v) is 8.00. The normalized spacial score (nSPS) is 21.3. The number of aliphatic hydroxyl groups is 1. The fourth-order valence-corrected chi connectivity index (χ4v) is 5.70. The van der Waals surface area contributed by atoms with Crippen molar-refractivity contribution in [3.05, 3.63) is 89.5 Å². The Morgan fingerprint density at radius 3 is 2.41 bits per heavy atom. The molecule has 2 heterocycles. The second kappa shape index (κ2) is 9.29. The molecule has 0 aliphatic carbocycles. The summed E-state index contributed by atoms with van der Waals surface area (Å²) in [5, 5.41) is 16.9. The summed E-state index contributed by atoms with van der Waals surface area (Å²) in [6, 6.07) is 19.7. The van der Waals surface area contributed by atoms with Gasteiger partial charge in [-0.05, 0) is 54.3 Å². The molecule has 0 bridgehead atoms. The SMILES string of the molecule is COC(=O)[C@@H]1CCCN1c1ccc(CN2C(=O)C(O)(c3ccc(S(N)(=O)=O)cc3)c3ccccc32)cc1. The number of benzene rings is 3. The molecule has 0 saturated carbocycles. The van der Waals surface area contributed by atoms with Crippen molar-refractivity contribution in [1.29, 1.82) is 0 Å². The Labute approximate surface area is 215 Å². The number of sulfonamides is 1. The van der Waals surface area contributed by atoms with Crippen LogP contribution in [0.15, 0.2) is 77.7 Å². The van der Waals surface area contributed by atoms with E-state index >= 15 is 0 Å². The quantitative estimate of drug-likeness (QED) is 0.476. The van der Waals surface area contributed by atoms with Crippen LogP contribution in [0.3, 0.4) is 0 Å². The van der Waals surface area contributed by atoms with Crippen LogP contribution in [0.1, 0.15) is 29.5 Å². The van der Waals surface area contributed by atoms with Gasteiger partial charge in [-0.1, -0.05) is 42.5 Å². The Hall–Kier alpha value is -3.73. The summed E-state index contributed by atoms with van der Waals surface area (Å²) in [7, 11) is -2.52. The molecule has 37 heavy (non-hydrogen) atoms. The lowest BCUT2D eigenvalue weighted by atomic mass is 9.87. The Balaban J connectivity index is 1.43. The molecule has 1 amide bonds. The Morgan fingerprint density at radius 1 is 1.08 bits per heavy atom. The maximum absolute atomic E-state index is 13.7. The maximum Gasteiger partial charge on any atom is 0.328 e. The van der Waals surface area contributed by atoms with Gasteiger partial charge in [-0.25, -0.2) is 18.4 Å². The van der Waals surface area contributed by atoms with Gasteiger partial charge in [0, 0.05) is 17.8 Å². The number of hydrogen-bond donors (Lipinski definition) is 2. The van der Waals surface area contributed by atoms with Crippen LogP contribution in [0, 0.1) is 0 Å². The number of ether oxygens (including phenoxy) is 1.